The number of aromatic amines is 2. The summed E-state index contributed by atoms with van der Waals surface area (Å²) in [6.07, 6.45) is 4.18. The Morgan fingerprint density at radius 1 is 1.22 bits per heavy atom. The van der Waals surface area contributed by atoms with E-state index in [0.717, 1.165) is 22.4 Å². The number of anilines is 2. The zero-order valence-corrected chi connectivity index (χ0v) is 12.9. The van der Waals surface area contributed by atoms with Crippen molar-refractivity contribution in [1.29, 1.82) is 0 Å². The van der Waals surface area contributed by atoms with Crippen molar-refractivity contribution in [1.82, 2.24) is 30.4 Å². The number of thiophene rings is 1. The quantitative estimate of drug-likeness (QED) is 0.535. The Hall–Kier alpha value is -2.74. The molecular formula is C15H13N7S. The van der Waals surface area contributed by atoms with Crippen LogP contribution in [0.4, 0.5) is 11.6 Å². The zero-order chi connectivity index (χ0) is 15.2. The van der Waals surface area contributed by atoms with Crippen LogP contribution in [-0.2, 0) is 0 Å². The molecule has 7 nitrogen and oxygen atoms in total. The third-order valence-electron chi connectivity index (χ3n) is 3.94. The molecule has 0 amide bonds. The van der Waals surface area contributed by atoms with Crippen LogP contribution in [0.15, 0.2) is 29.1 Å². The summed E-state index contributed by atoms with van der Waals surface area (Å²) < 4.78 is 0. The molecule has 1 aliphatic rings. The van der Waals surface area contributed by atoms with Crippen LogP contribution in [0.2, 0.25) is 0 Å². The summed E-state index contributed by atoms with van der Waals surface area (Å²) in [5.41, 5.74) is 3.74. The van der Waals surface area contributed by atoms with Gasteiger partial charge in [0.25, 0.3) is 0 Å². The van der Waals surface area contributed by atoms with E-state index in [2.05, 4.69) is 35.7 Å². The third kappa shape index (κ3) is 2.27. The number of H-pyrrole nitrogens is 2. The molecule has 114 valence electrons. The predicted molar refractivity (Wildman–Crippen MR) is 88.8 cm³/mol. The Kier molecular flexibility index (Phi) is 2.71. The van der Waals surface area contributed by atoms with Gasteiger partial charge in [0.2, 0.25) is 0 Å². The average Bonchev–Trinajstić information content (AvgIpc) is 3.01. The molecule has 8 heteroatoms. The number of nitrogens with one attached hydrogen (secondary N) is 3. The second-order valence-corrected chi connectivity index (χ2v) is 6.43. The fourth-order valence-electron chi connectivity index (χ4n) is 2.58. The van der Waals surface area contributed by atoms with Gasteiger partial charge >= 0.3 is 0 Å². The van der Waals surface area contributed by atoms with Gasteiger partial charge in [0.05, 0.1) is 6.20 Å². The number of hydrogen-bond acceptors (Lipinski definition) is 6. The van der Waals surface area contributed by atoms with Crippen molar-refractivity contribution in [3.63, 3.8) is 0 Å². The van der Waals surface area contributed by atoms with Gasteiger partial charge in [-0.2, -0.15) is 21.5 Å². The smallest absolute Gasteiger partial charge is 0.163 e. The maximum Gasteiger partial charge on any atom is 0.163 e. The maximum absolute atomic E-state index is 4.64. The Bertz CT molecular complexity index is 965. The first-order chi connectivity index (χ1) is 11.4. The van der Waals surface area contributed by atoms with Crippen LogP contribution in [0.3, 0.4) is 0 Å². The number of nitrogens with zero attached hydrogens (tertiary/aromatic N) is 4. The van der Waals surface area contributed by atoms with Gasteiger partial charge in [0, 0.05) is 28.6 Å². The topological polar surface area (TPSA) is 95.2 Å². The maximum atomic E-state index is 4.64. The molecule has 1 saturated carbocycles. The standard InChI is InChI=1S/C15H13N7S/c1-2-8(1)10-5-12(21-20-10)18-15-13-11(6-16-22-13)17-14(19-15)9-3-4-23-7-9/h3-8H,1-2H2,(H,16,22)(H2,17,18,19,20,21). The van der Waals surface area contributed by atoms with Gasteiger partial charge in [-0.05, 0) is 24.3 Å². The van der Waals surface area contributed by atoms with Crippen molar-refractivity contribution >= 4 is 34.0 Å². The summed E-state index contributed by atoms with van der Waals surface area (Å²) in [6.45, 7) is 0. The predicted octanol–water partition coefficient (Wildman–Crippen LogP) is 3.43. The molecule has 0 atom stereocenters. The highest BCUT2D eigenvalue weighted by Gasteiger charge is 2.25. The van der Waals surface area contributed by atoms with Crippen molar-refractivity contribution in [2.24, 2.45) is 0 Å². The van der Waals surface area contributed by atoms with Gasteiger partial charge in [-0.3, -0.25) is 10.2 Å². The van der Waals surface area contributed by atoms with Crippen LogP contribution in [0.25, 0.3) is 22.4 Å². The molecular weight excluding hydrogens is 310 g/mol. The van der Waals surface area contributed by atoms with Crippen LogP contribution in [0, 0.1) is 0 Å². The number of hydrogen-bond donors (Lipinski definition) is 3. The molecule has 0 saturated heterocycles. The van der Waals surface area contributed by atoms with Gasteiger partial charge in [-0.1, -0.05) is 0 Å². The molecule has 3 N–H and O–H groups in total. The molecule has 4 heterocycles. The lowest BCUT2D eigenvalue weighted by molar-refractivity contribution is 0.966. The molecule has 0 aromatic carbocycles. The van der Waals surface area contributed by atoms with Gasteiger partial charge in [-0.25, -0.2) is 9.97 Å². The van der Waals surface area contributed by atoms with Crippen molar-refractivity contribution in [2.45, 2.75) is 18.8 Å². The molecule has 0 unspecified atom stereocenters. The Balaban J connectivity index is 1.57. The summed E-state index contributed by atoms with van der Waals surface area (Å²) in [6, 6.07) is 4.06. The van der Waals surface area contributed by atoms with E-state index in [9.17, 15) is 0 Å². The lowest BCUT2D eigenvalue weighted by atomic mass is 10.3. The molecule has 1 aliphatic carbocycles. The monoisotopic (exact) mass is 323 g/mol. The minimum atomic E-state index is 0.636. The molecule has 1 fully saturated rings. The largest absolute Gasteiger partial charge is 0.322 e. The fourth-order valence-corrected chi connectivity index (χ4v) is 3.21. The summed E-state index contributed by atoms with van der Waals surface area (Å²) in [5.74, 6) is 2.76. The van der Waals surface area contributed by atoms with Gasteiger partial charge < -0.3 is 5.32 Å². The van der Waals surface area contributed by atoms with E-state index in [1.807, 2.05) is 22.9 Å². The molecule has 0 aliphatic heterocycles. The minimum Gasteiger partial charge on any atom is -0.322 e. The first-order valence-electron chi connectivity index (χ1n) is 7.43. The summed E-state index contributed by atoms with van der Waals surface area (Å²) >= 11 is 1.62. The molecule has 4 aromatic rings. The summed E-state index contributed by atoms with van der Waals surface area (Å²) in [5, 5.41) is 21.8. The molecule has 5 rings (SSSR count). The van der Waals surface area contributed by atoms with Gasteiger partial charge in [-0.15, -0.1) is 0 Å². The third-order valence-corrected chi connectivity index (χ3v) is 4.62. The van der Waals surface area contributed by atoms with E-state index in [-0.39, 0.29) is 0 Å². The van der Waals surface area contributed by atoms with E-state index in [0.29, 0.717) is 17.6 Å². The second kappa shape index (κ2) is 4.88. The lowest BCUT2D eigenvalue weighted by Gasteiger charge is -2.05. The van der Waals surface area contributed by atoms with E-state index < -0.39 is 0 Å². The van der Waals surface area contributed by atoms with Crippen molar-refractivity contribution < 1.29 is 0 Å². The normalized spacial score (nSPS) is 14.4. The lowest BCUT2D eigenvalue weighted by Crippen LogP contribution is -1.98. The summed E-state index contributed by atoms with van der Waals surface area (Å²) in [7, 11) is 0. The Morgan fingerprint density at radius 2 is 2.17 bits per heavy atom. The highest BCUT2D eigenvalue weighted by atomic mass is 32.1. The number of rotatable bonds is 4. The van der Waals surface area contributed by atoms with Crippen LogP contribution >= 0.6 is 11.3 Å². The number of aromatic nitrogens is 6. The molecule has 0 bridgehead atoms. The first-order valence-corrected chi connectivity index (χ1v) is 8.37. The van der Waals surface area contributed by atoms with Crippen LogP contribution < -0.4 is 5.32 Å². The summed E-state index contributed by atoms with van der Waals surface area (Å²) in [4.78, 5) is 9.20. The highest BCUT2D eigenvalue weighted by Crippen LogP contribution is 2.39. The zero-order valence-electron chi connectivity index (χ0n) is 12.1. The molecule has 23 heavy (non-hydrogen) atoms. The van der Waals surface area contributed by atoms with Crippen LogP contribution in [-0.4, -0.2) is 30.4 Å². The van der Waals surface area contributed by atoms with E-state index >= 15 is 0 Å². The Morgan fingerprint density at radius 3 is 3.00 bits per heavy atom. The fraction of sp³-hybridized carbons (Fsp3) is 0.200. The molecule has 4 aromatic heterocycles. The van der Waals surface area contributed by atoms with Crippen molar-refractivity contribution in [2.75, 3.05) is 5.32 Å². The Labute approximate surface area is 135 Å². The second-order valence-electron chi connectivity index (χ2n) is 5.65. The number of fused-ring (bicyclic) bond motifs is 1. The van der Waals surface area contributed by atoms with Gasteiger partial charge in [0.15, 0.2) is 17.5 Å². The SMILES string of the molecule is c1cc(-c2nc(Nc3cc(C4CC4)[nH]n3)c3[nH]ncc3n2)cs1. The van der Waals surface area contributed by atoms with E-state index in [4.69, 9.17) is 0 Å². The molecule has 0 radical (unpaired) electrons. The first kappa shape index (κ1) is 12.8. The van der Waals surface area contributed by atoms with Crippen LogP contribution in [0.5, 0.6) is 0 Å². The highest BCUT2D eigenvalue weighted by molar-refractivity contribution is 7.08. The average molecular weight is 323 g/mol. The minimum absolute atomic E-state index is 0.636. The van der Waals surface area contributed by atoms with E-state index in [1.165, 1.54) is 18.5 Å². The van der Waals surface area contributed by atoms with E-state index in [1.54, 1.807) is 17.5 Å². The van der Waals surface area contributed by atoms with Crippen LogP contribution in [0.1, 0.15) is 24.5 Å². The van der Waals surface area contributed by atoms with Crippen molar-refractivity contribution in [3.8, 4) is 11.4 Å². The van der Waals surface area contributed by atoms with Gasteiger partial charge in [0.1, 0.15) is 11.0 Å². The van der Waals surface area contributed by atoms with Crippen molar-refractivity contribution in [3.05, 3.63) is 34.8 Å². The molecule has 0 spiro atoms.